The topological polar surface area (TPSA) is 70.7 Å². The van der Waals surface area contributed by atoms with Gasteiger partial charge in [-0.15, -0.1) is 11.8 Å². The predicted molar refractivity (Wildman–Crippen MR) is 87.1 cm³/mol. The molecule has 2 aliphatic rings. The number of anilines is 2. The van der Waals surface area contributed by atoms with E-state index in [1.54, 1.807) is 0 Å². The Balaban J connectivity index is 1.54. The summed E-state index contributed by atoms with van der Waals surface area (Å²) in [6.45, 7) is 3.28. The van der Waals surface area contributed by atoms with Crippen LogP contribution in [0, 0.1) is 0 Å². The van der Waals surface area contributed by atoms with E-state index in [1.165, 1.54) is 11.8 Å². The molecule has 2 heterocycles. The molecule has 0 spiro atoms. The smallest absolute Gasteiger partial charge is 0.234 e. The van der Waals surface area contributed by atoms with Crippen LogP contribution in [0.1, 0.15) is 6.42 Å². The van der Waals surface area contributed by atoms with Crippen LogP contribution in [-0.2, 0) is 14.3 Å². The Morgan fingerprint density at radius 1 is 1.32 bits per heavy atom. The molecule has 0 saturated carbocycles. The van der Waals surface area contributed by atoms with E-state index in [2.05, 4.69) is 15.5 Å². The molecule has 2 aliphatic heterocycles. The second-order valence-corrected chi connectivity index (χ2v) is 6.43. The van der Waals surface area contributed by atoms with E-state index in [9.17, 15) is 9.59 Å². The summed E-state index contributed by atoms with van der Waals surface area (Å²) in [5.74, 6) is 0.405. The van der Waals surface area contributed by atoms with Crippen LogP contribution in [0.2, 0.25) is 0 Å². The Kier molecular flexibility index (Phi) is 4.84. The van der Waals surface area contributed by atoms with Gasteiger partial charge in [-0.25, -0.2) is 0 Å². The monoisotopic (exact) mass is 321 g/mol. The number of ether oxygens (including phenoxy) is 1. The summed E-state index contributed by atoms with van der Waals surface area (Å²) in [7, 11) is 0. The number of amides is 2. The van der Waals surface area contributed by atoms with Crippen molar-refractivity contribution in [3.8, 4) is 0 Å². The molecule has 3 rings (SSSR count). The van der Waals surface area contributed by atoms with Gasteiger partial charge in [0.2, 0.25) is 11.8 Å². The lowest BCUT2D eigenvalue weighted by Gasteiger charge is -2.28. The average Bonchev–Trinajstić information content (AvgIpc) is 2.94. The Hall–Kier alpha value is -1.73. The maximum atomic E-state index is 12.0. The number of benzene rings is 1. The lowest BCUT2D eigenvalue weighted by molar-refractivity contribution is -0.123. The van der Waals surface area contributed by atoms with Crippen molar-refractivity contribution in [3.05, 3.63) is 24.3 Å². The molecular weight excluding hydrogens is 302 g/mol. The van der Waals surface area contributed by atoms with Gasteiger partial charge in [0.15, 0.2) is 0 Å². The van der Waals surface area contributed by atoms with Crippen molar-refractivity contribution in [1.29, 1.82) is 0 Å². The molecule has 2 saturated heterocycles. The molecule has 1 aromatic rings. The van der Waals surface area contributed by atoms with Gasteiger partial charge in [-0.3, -0.25) is 9.59 Å². The third kappa shape index (κ3) is 3.72. The van der Waals surface area contributed by atoms with Crippen LogP contribution in [0.5, 0.6) is 0 Å². The van der Waals surface area contributed by atoms with Gasteiger partial charge in [-0.05, 0) is 24.3 Å². The van der Waals surface area contributed by atoms with Crippen LogP contribution in [0.25, 0.3) is 0 Å². The Morgan fingerprint density at radius 3 is 2.68 bits per heavy atom. The molecule has 0 aromatic heterocycles. The van der Waals surface area contributed by atoms with Crippen LogP contribution in [-0.4, -0.2) is 49.2 Å². The first-order valence-corrected chi connectivity index (χ1v) is 8.39. The first kappa shape index (κ1) is 15.2. The second-order valence-electron chi connectivity index (χ2n) is 5.24. The summed E-state index contributed by atoms with van der Waals surface area (Å²) >= 11 is 1.47. The SMILES string of the molecule is O=C(CC1SCNC1=O)Nc1ccc(N2CCOCC2)cc1. The van der Waals surface area contributed by atoms with E-state index in [0.29, 0.717) is 5.88 Å². The van der Waals surface area contributed by atoms with Gasteiger partial charge in [0.05, 0.1) is 24.3 Å². The zero-order valence-electron chi connectivity index (χ0n) is 12.2. The number of thioether (sulfide) groups is 1. The molecule has 22 heavy (non-hydrogen) atoms. The molecular formula is C15H19N3O3S. The minimum atomic E-state index is -0.271. The van der Waals surface area contributed by atoms with Gasteiger partial charge in [0, 0.05) is 30.9 Å². The summed E-state index contributed by atoms with van der Waals surface area (Å²) in [6.07, 6.45) is 0.210. The normalized spacial score (nSPS) is 21.5. The summed E-state index contributed by atoms with van der Waals surface area (Å²) in [6, 6.07) is 7.78. The van der Waals surface area contributed by atoms with Gasteiger partial charge in [-0.2, -0.15) is 0 Å². The Labute approximate surface area is 133 Å². The molecule has 0 aliphatic carbocycles. The molecule has 2 fully saturated rings. The van der Waals surface area contributed by atoms with E-state index in [-0.39, 0.29) is 23.5 Å². The van der Waals surface area contributed by atoms with Crippen molar-refractivity contribution >= 4 is 35.0 Å². The van der Waals surface area contributed by atoms with Crippen molar-refractivity contribution in [3.63, 3.8) is 0 Å². The van der Waals surface area contributed by atoms with Crippen molar-refractivity contribution in [1.82, 2.24) is 5.32 Å². The average molecular weight is 321 g/mol. The zero-order valence-corrected chi connectivity index (χ0v) is 13.0. The fraction of sp³-hybridized carbons (Fsp3) is 0.467. The summed E-state index contributed by atoms with van der Waals surface area (Å²) in [5.41, 5.74) is 1.89. The predicted octanol–water partition coefficient (Wildman–Crippen LogP) is 1.04. The third-order valence-corrected chi connectivity index (χ3v) is 4.82. The summed E-state index contributed by atoms with van der Waals surface area (Å²) in [4.78, 5) is 25.7. The molecule has 6 nitrogen and oxygen atoms in total. The fourth-order valence-corrected chi connectivity index (χ4v) is 3.44. The highest BCUT2D eigenvalue weighted by Crippen LogP contribution is 2.22. The van der Waals surface area contributed by atoms with Gasteiger partial charge >= 0.3 is 0 Å². The van der Waals surface area contributed by atoms with Crippen LogP contribution in [0.3, 0.4) is 0 Å². The van der Waals surface area contributed by atoms with E-state index in [0.717, 1.165) is 37.7 Å². The van der Waals surface area contributed by atoms with Gasteiger partial charge in [-0.1, -0.05) is 0 Å². The number of hydrogen-bond donors (Lipinski definition) is 2. The third-order valence-electron chi connectivity index (χ3n) is 3.72. The van der Waals surface area contributed by atoms with E-state index >= 15 is 0 Å². The van der Waals surface area contributed by atoms with E-state index in [1.807, 2.05) is 24.3 Å². The Bertz CT molecular complexity index is 543. The number of carbonyl (C=O) groups is 2. The van der Waals surface area contributed by atoms with Crippen LogP contribution < -0.4 is 15.5 Å². The standard InChI is InChI=1S/C15H19N3O3S/c19-14(9-13-15(20)16-10-22-13)17-11-1-3-12(4-2-11)18-5-7-21-8-6-18/h1-4,13H,5-10H2,(H,16,20)(H,17,19). The maximum absolute atomic E-state index is 12.0. The summed E-state index contributed by atoms with van der Waals surface area (Å²) in [5, 5.41) is 5.28. The number of nitrogens with one attached hydrogen (secondary N) is 2. The van der Waals surface area contributed by atoms with E-state index < -0.39 is 0 Å². The maximum Gasteiger partial charge on any atom is 0.234 e. The molecule has 2 N–H and O–H groups in total. The molecule has 0 bridgehead atoms. The van der Waals surface area contributed by atoms with Crippen LogP contribution in [0.15, 0.2) is 24.3 Å². The molecule has 1 atom stereocenters. The first-order chi connectivity index (χ1) is 10.7. The molecule has 7 heteroatoms. The van der Waals surface area contributed by atoms with Crippen molar-refractivity contribution in [2.45, 2.75) is 11.7 Å². The lowest BCUT2D eigenvalue weighted by atomic mass is 10.2. The molecule has 118 valence electrons. The highest BCUT2D eigenvalue weighted by atomic mass is 32.2. The fourth-order valence-electron chi connectivity index (χ4n) is 2.51. The molecule has 0 radical (unpaired) electrons. The number of rotatable bonds is 4. The number of carbonyl (C=O) groups excluding carboxylic acids is 2. The van der Waals surface area contributed by atoms with Gasteiger partial charge in [0.1, 0.15) is 0 Å². The molecule has 1 unspecified atom stereocenters. The van der Waals surface area contributed by atoms with E-state index in [4.69, 9.17) is 4.74 Å². The Morgan fingerprint density at radius 2 is 2.05 bits per heavy atom. The lowest BCUT2D eigenvalue weighted by Crippen LogP contribution is -2.36. The second kappa shape index (κ2) is 7.02. The quantitative estimate of drug-likeness (QED) is 0.867. The number of nitrogens with zero attached hydrogens (tertiary/aromatic N) is 1. The highest BCUT2D eigenvalue weighted by molar-refractivity contribution is 8.01. The van der Waals surface area contributed by atoms with Crippen LogP contribution >= 0.6 is 11.8 Å². The minimum absolute atomic E-state index is 0.0529. The van der Waals surface area contributed by atoms with Crippen molar-refractivity contribution in [2.75, 3.05) is 42.4 Å². The van der Waals surface area contributed by atoms with Gasteiger partial charge < -0.3 is 20.3 Å². The van der Waals surface area contributed by atoms with Crippen molar-refractivity contribution in [2.24, 2.45) is 0 Å². The number of hydrogen-bond acceptors (Lipinski definition) is 5. The molecule has 2 amide bonds. The number of morpholine rings is 1. The molecule has 1 aromatic carbocycles. The zero-order chi connectivity index (χ0) is 15.4. The van der Waals surface area contributed by atoms with Crippen LogP contribution in [0.4, 0.5) is 11.4 Å². The largest absolute Gasteiger partial charge is 0.378 e. The van der Waals surface area contributed by atoms with Gasteiger partial charge in [0.25, 0.3) is 0 Å². The van der Waals surface area contributed by atoms with Crippen molar-refractivity contribution < 1.29 is 14.3 Å². The first-order valence-electron chi connectivity index (χ1n) is 7.34. The summed E-state index contributed by atoms with van der Waals surface area (Å²) < 4.78 is 5.34. The minimum Gasteiger partial charge on any atom is -0.378 e. The highest BCUT2D eigenvalue weighted by Gasteiger charge is 2.27.